The quantitative estimate of drug-likeness (QED) is 0.132. The molecule has 17 aromatic rings. The zero-order chi connectivity index (χ0) is 66.5. The molecule has 1 aliphatic heterocycles. The summed E-state index contributed by atoms with van der Waals surface area (Å²) in [5, 5.41) is 7.73. The van der Waals surface area contributed by atoms with Gasteiger partial charge in [0.25, 0.3) is 0 Å². The van der Waals surface area contributed by atoms with Crippen LogP contribution < -0.4 is 5.46 Å². The van der Waals surface area contributed by atoms with Crippen LogP contribution in [0.3, 0.4) is 0 Å². The third kappa shape index (κ3) is 12.5. The highest BCUT2D eigenvalue weighted by molar-refractivity contribution is 9.11. The van der Waals surface area contributed by atoms with Crippen molar-refractivity contribution in [2.24, 2.45) is 0 Å². The summed E-state index contributed by atoms with van der Waals surface area (Å²) < 4.78 is 22.1. The molecular formula is C84H59BBr2N6O2S3. The molecule has 6 heterocycles. The Morgan fingerprint density at radius 1 is 0.276 bits per heavy atom. The molecule has 5 aromatic heterocycles. The van der Waals surface area contributed by atoms with Crippen molar-refractivity contribution in [3.05, 3.63) is 294 Å². The summed E-state index contributed by atoms with van der Waals surface area (Å²) >= 11 is 12.6. The van der Waals surface area contributed by atoms with Gasteiger partial charge in [-0.3, -0.25) is 0 Å². The van der Waals surface area contributed by atoms with Crippen LogP contribution in [0.2, 0.25) is 0 Å². The van der Waals surface area contributed by atoms with Gasteiger partial charge in [0.2, 0.25) is 0 Å². The highest BCUT2D eigenvalue weighted by Gasteiger charge is 2.52. The number of thiophene rings is 3. The van der Waals surface area contributed by atoms with Crippen molar-refractivity contribution in [3.63, 3.8) is 0 Å². The summed E-state index contributed by atoms with van der Waals surface area (Å²) in [4.78, 5) is 29.4. The molecule has 0 unspecified atom stereocenters. The number of fused-ring (bicyclic) bond motifs is 9. The smallest absolute Gasteiger partial charge is 0.399 e. The van der Waals surface area contributed by atoms with E-state index in [2.05, 4.69) is 229 Å². The van der Waals surface area contributed by atoms with Crippen LogP contribution in [-0.2, 0) is 9.31 Å². The predicted octanol–water partition coefficient (Wildman–Crippen LogP) is 23.7. The molecule has 0 radical (unpaired) electrons. The first-order valence-electron chi connectivity index (χ1n) is 32.3. The van der Waals surface area contributed by atoms with Gasteiger partial charge < -0.3 is 9.31 Å². The highest BCUT2D eigenvalue weighted by Crippen LogP contribution is 2.46. The number of halogens is 2. The number of aromatic nitrogens is 6. The molecule has 0 saturated carbocycles. The van der Waals surface area contributed by atoms with Crippen molar-refractivity contribution in [2.45, 2.75) is 38.9 Å². The average Bonchev–Trinajstić information content (AvgIpc) is 1.55. The maximum absolute atomic E-state index is 6.24. The Morgan fingerprint density at radius 3 is 0.939 bits per heavy atom. The Kier molecular flexibility index (Phi) is 17.1. The van der Waals surface area contributed by atoms with E-state index >= 15 is 0 Å². The second kappa shape index (κ2) is 26.6. The van der Waals surface area contributed by atoms with Crippen molar-refractivity contribution in [1.82, 2.24) is 29.9 Å². The van der Waals surface area contributed by atoms with E-state index in [-0.39, 0.29) is 18.3 Å². The molecule has 0 spiro atoms. The Balaban J connectivity index is 0.000000130. The molecule has 14 heteroatoms. The summed E-state index contributed by atoms with van der Waals surface area (Å²) in [6.45, 7) is 8.38. The monoisotopic (exact) mass is 1450 g/mol. The van der Waals surface area contributed by atoms with Crippen LogP contribution in [-0.4, -0.2) is 48.2 Å². The minimum Gasteiger partial charge on any atom is -0.399 e. The predicted molar refractivity (Wildman–Crippen MR) is 419 cm³/mol. The standard InChI is InChI=1S/C45H27N3S2.C21H13Br2N3.C18H19BO2S/c1-3-13-28(14-4-1)43-46-44(29-15-5-2-6-16-29)48-45(47-43)32-26-30(33-19-11-21-37-35-17-7-9-23-39(35)49-41(33)37)25-31(27-32)34-20-12-22-38-36-18-8-10-24-40(36)50-42(34)38;22-17-11-16(12-18(23)13-17)21-25-19(14-7-3-1-4-8-14)24-20(26-21)15-9-5-2-6-10-15;1-17(2)18(3,4)21-19(20-17)14-10-7-9-13-12-8-5-6-11-15(12)22-16(13)14/h1-27H;1-13H;5-11H,1-4H3. The number of hydrogen-bond acceptors (Lipinski definition) is 11. The van der Waals surface area contributed by atoms with E-state index in [1.165, 1.54) is 71.6 Å². The minimum absolute atomic E-state index is 0.304. The second-order valence-electron chi connectivity index (χ2n) is 25.0. The molecule has 1 fully saturated rings. The van der Waals surface area contributed by atoms with Gasteiger partial charge in [-0.15, -0.1) is 34.0 Å². The topological polar surface area (TPSA) is 95.8 Å². The summed E-state index contributed by atoms with van der Waals surface area (Å²) in [6, 6.07) is 98.8. The van der Waals surface area contributed by atoms with Gasteiger partial charge in [0.1, 0.15) is 0 Å². The van der Waals surface area contributed by atoms with E-state index in [1.807, 2.05) is 149 Å². The molecule has 0 aliphatic carbocycles. The summed E-state index contributed by atoms with van der Waals surface area (Å²) in [6.07, 6.45) is 0. The van der Waals surface area contributed by atoms with Crippen molar-refractivity contribution in [1.29, 1.82) is 0 Å². The molecular weight excluding hydrogens is 1390 g/mol. The summed E-state index contributed by atoms with van der Waals surface area (Å²) in [5.74, 6) is 3.91. The van der Waals surface area contributed by atoms with Crippen LogP contribution in [0.25, 0.3) is 151 Å². The van der Waals surface area contributed by atoms with Gasteiger partial charge in [0, 0.05) is 103 Å². The lowest BCUT2D eigenvalue weighted by Gasteiger charge is -2.32. The maximum Gasteiger partial charge on any atom is 0.496 e. The third-order valence-electron chi connectivity index (χ3n) is 18.1. The minimum atomic E-state index is -0.309. The molecule has 18 rings (SSSR count). The molecule has 0 amide bonds. The van der Waals surface area contributed by atoms with E-state index in [0.29, 0.717) is 34.9 Å². The van der Waals surface area contributed by atoms with Gasteiger partial charge >= 0.3 is 7.12 Å². The fourth-order valence-electron chi connectivity index (χ4n) is 12.5. The number of rotatable bonds is 9. The fourth-order valence-corrected chi connectivity index (χ4v) is 17.5. The molecule has 12 aromatic carbocycles. The first-order valence-corrected chi connectivity index (χ1v) is 36.3. The Labute approximate surface area is 596 Å². The number of hydrogen-bond donors (Lipinski definition) is 0. The average molecular weight is 1450 g/mol. The molecule has 0 bridgehead atoms. The SMILES string of the molecule is Brc1cc(Br)cc(-c2nc(-c3ccccc3)nc(-c3ccccc3)n2)c1.CC1(C)OB(c2cccc3c2sc2ccccc23)OC1(C)C.c1ccc(-c2nc(-c3ccccc3)nc(-c3cc(-c4cccc5c4sc4ccccc45)cc(-c4cccc5c4sc4ccccc45)c3)n2)cc1. The molecule has 98 heavy (non-hydrogen) atoms. The molecule has 1 aliphatic rings. The van der Waals surface area contributed by atoms with E-state index in [9.17, 15) is 0 Å². The Bertz CT molecular complexity index is 5550. The molecule has 8 nitrogen and oxygen atoms in total. The molecule has 1 saturated heterocycles. The first-order chi connectivity index (χ1) is 47.8. The van der Waals surface area contributed by atoms with Crippen LogP contribution in [0.15, 0.2) is 294 Å². The maximum atomic E-state index is 6.24. The van der Waals surface area contributed by atoms with Crippen molar-refractivity contribution in [3.8, 4) is 90.6 Å². The summed E-state index contributed by atoms with van der Waals surface area (Å²) in [5.41, 5.74) is 10.9. The second-order valence-corrected chi connectivity index (χ2v) is 30.0. The van der Waals surface area contributed by atoms with Crippen molar-refractivity contribution < 1.29 is 9.31 Å². The third-order valence-corrected chi connectivity index (χ3v) is 22.7. The van der Waals surface area contributed by atoms with Crippen molar-refractivity contribution >= 4 is 139 Å². The van der Waals surface area contributed by atoms with E-state index in [1.54, 1.807) is 0 Å². The Hall–Kier alpha value is -9.74. The van der Waals surface area contributed by atoms with E-state index < -0.39 is 0 Å². The zero-order valence-electron chi connectivity index (χ0n) is 53.7. The first kappa shape index (κ1) is 63.0. The van der Waals surface area contributed by atoms with Gasteiger partial charge in [-0.2, -0.15) is 0 Å². The molecule has 0 atom stereocenters. The van der Waals surface area contributed by atoms with Crippen molar-refractivity contribution in [2.75, 3.05) is 0 Å². The normalized spacial score (nSPS) is 13.3. The zero-order valence-corrected chi connectivity index (χ0v) is 59.3. The van der Waals surface area contributed by atoms with E-state index in [4.69, 9.17) is 39.2 Å². The van der Waals surface area contributed by atoms with Gasteiger partial charge in [-0.25, -0.2) is 29.9 Å². The van der Waals surface area contributed by atoms with Crippen LogP contribution in [0.1, 0.15) is 27.7 Å². The van der Waals surface area contributed by atoms with Gasteiger partial charge in [0.05, 0.1) is 11.2 Å². The largest absolute Gasteiger partial charge is 0.496 e. The van der Waals surface area contributed by atoms with Crippen LogP contribution in [0.5, 0.6) is 0 Å². The van der Waals surface area contributed by atoms with Gasteiger partial charge in [-0.05, 0) is 110 Å². The molecule has 472 valence electrons. The number of nitrogens with zero attached hydrogens (tertiary/aromatic N) is 6. The lowest BCUT2D eigenvalue weighted by Crippen LogP contribution is -2.41. The van der Waals surface area contributed by atoms with Crippen LogP contribution in [0, 0.1) is 0 Å². The lowest BCUT2D eigenvalue weighted by molar-refractivity contribution is 0.00578. The lowest BCUT2D eigenvalue weighted by atomic mass is 9.78. The van der Waals surface area contributed by atoms with E-state index in [0.717, 1.165) is 58.9 Å². The number of benzene rings is 12. The Morgan fingerprint density at radius 2 is 0.561 bits per heavy atom. The summed E-state index contributed by atoms with van der Waals surface area (Å²) in [7, 11) is -0.304. The highest BCUT2D eigenvalue weighted by atomic mass is 79.9. The van der Waals surface area contributed by atoms with Gasteiger partial charge in [0.15, 0.2) is 34.9 Å². The van der Waals surface area contributed by atoms with Gasteiger partial charge in [-0.1, -0.05) is 262 Å². The van der Waals surface area contributed by atoms with Crippen LogP contribution in [0.4, 0.5) is 0 Å². The molecule has 0 N–H and O–H groups in total. The fraction of sp³-hybridized carbons (Fsp3) is 0.0714. The van der Waals surface area contributed by atoms with Crippen LogP contribution >= 0.6 is 65.9 Å².